The third-order valence-electron chi connectivity index (χ3n) is 3.71. The van der Waals surface area contributed by atoms with Gasteiger partial charge in [0.15, 0.2) is 0 Å². The van der Waals surface area contributed by atoms with E-state index in [9.17, 15) is 9.59 Å². The Balaban J connectivity index is 1.87. The summed E-state index contributed by atoms with van der Waals surface area (Å²) in [7, 11) is 0. The number of nitrogens with one attached hydrogen (secondary N) is 1. The Hall–Kier alpha value is -1.88. The van der Waals surface area contributed by atoms with Crippen molar-refractivity contribution >= 4 is 11.8 Å². The van der Waals surface area contributed by atoms with Gasteiger partial charge in [0.2, 0.25) is 5.91 Å². The van der Waals surface area contributed by atoms with Crippen molar-refractivity contribution in [3.05, 3.63) is 35.9 Å². The van der Waals surface area contributed by atoms with Crippen LogP contribution in [-0.2, 0) is 21.0 Å². The first-order valence-electron chi connectivity index (χ1n) is 7.66. The van der Waals surface area contributed by atoms with Crippen molar-refractivity contribution in [1.29, 1.82) is 0 Å². The third-order valence-corrected chi connectivity index (χ3v) is 3.71. The molecule has 1 aromatic rings. The van der Waals surface area contributed by atoms with E-state index in [0.717, 1.165) is 12.0 Å². The van der Waals surface area contributed by atoms with Crippen LogP contribution < -0.4 is 5.48 Å². The zero-order valence-corrected chi connectivity index (χ0v) is 13.5. The first-order valence-corrected chi connectivity index (χ1v) is 7.66. The van der Waals surface area contributed by atoms with Crippen LogP contribution in [-0.4, -0.2) is 29.3 Å². The molecule has 1 aliphatic rings. The van der Waals surface area contributed by atoms with Crippen LogP contribution in [0.25, 0.3) is 0 Å². The standard InChI is InChI=1S/C17H24N2O3/c1-17(2,3)16(21)19-11-7-10-14(19)15(20)18-22-12-13-8-5-4-6-9-13/h4-6,8-9,14H,7,10-12H2,1-3H3,(H,18,20). The van der Waals surface area contributed by atoms with Crippen molar-refractivity contribution in [1.82, 2.24) is 10.4 Å². The van der Waals surface area contributed by atoms with Crippen molar-refractivity contribution in [2.24, 2.45) is 5.41 Å². The van der Waals surface area contributed by atoms with Gasteiger partial charge < -0.3 is 4.90 Å². The SMILES string of the molecule is CC(C)(C)C(=O)N1CCCC1C(=O)NOCc1ccccc1. The topological polar surface area (TPSA) is 58.6 Å². The second kappa shape index (κ2) is 6.92. The average molecular weight is 304 g/mol. The molecule has 0 saturated carbocycles. The molecule has 1 aliphatic heterocycles. The maximum atomic E-state index is 12.4. The van der Waals surface area contributed by atoms with Crippen LogP contribution in [0.3, 0.4) is 0 Å². The fraction of sp³-hybridized carbons (Fsp3) is 0.529. The van der Waals surface area contributed by atoms with Gasteiger partial charge in [0.1, 0.15) is 6.04 Å². The summed E-state index contributed by atoms with van der Waals surface area (Å²) in [6, 6.07) is 9.19. The van der Waals surface area contributed by atoms with Gasteiger partial charge in [0.25, 0.3) is 5.91 Å². The number of rotatable bonds is 4. The maximum Gasteiger partial charge on any atom is 0.266 e. The average Bonchev–Trinajstić information content (AvgIpc) is 2.95. The number of amides is 2. The Bertz CT molecular complexity index is 522. The van der Waals surface area contributed by atoms with Crippen LogP contribution in [0.1, 0.15) is 39.2 Å². The molecule has 0 aliphatic carbocycles. The number of carbonyl (C=O) groups excluding carboxylic acids is 2. The van der Waals surface area contributed by atoms with Crippen molar-refractivity contribution in [2.75, 3.05) is 6.54 Å². The predicted molar refractivity (Wildman–Crippen MR) is 83.6 cm³/mol. The van der Waals surface area contributed by atoms with E-state index in [0.29, 0.717) is 19.6 Å². The van der Waals surface area contributed by atoms with Gasteiger partial charge in [-0.05, 0) is 18.4 Å². The summed E-state index contributed by atoms with van der Waals surface area (Å²) in [5.41, 5.74) is 2.98. The van der Waals surface area contributed by atoms with E-state index in [1.165, 1.54) is 0 Å². The third kappa shape index (κ3) is 4.07. The Morgan fingerprint density at radius 3 is 2.59 bits per heavy atom. The number of hydroxylamine groups is 1. The van der Waals surface area contributed by atoms with Gasteiger partial charge in [-0.2, -0.15) is 0 Å². The Morgan fingerprint density at radius 2 is 1.95 bits per heavy atom. The van der Waals surface area contributed by atoms with Crippen molar-refractivity contribution in [3.63, 3.8) is 0 Å². The maximum absolute atomic E-state index is 12.4. The molecule has 1 aromatic carbocycles. The molecule has 1 fully saturated rings. The van der Waals surface area contributed by atoms with Gasteiger partial charge >= 0.3 is 0 Å². The lowest BCUT2D eigenvalue weighted by atomic mass is 9.94. The minimum Gasteiger partial charge on any atom is -0.330 e. The minimum atomic E-state index is -0.478. The van der Waals surface area contributed by atoms with E-state index in [2.05, 4.69) is 5.48 Å². The van der Waals surface area contributed by atoms with E-state index in [-0.39, 0.29) is 11.8 Å². The summed E-state index contributed by atoms with van der Waals surface area (Å²) in [5, 5.41) is 0. The highest BCUT2D eigenvalue weighted by molar-refractivity contribution is 5.89. The number of hydrogen-bond donors (Lipinski definition) is 1. The molecule has 22 heavy (non-hydrogen) atoms. The molecular formula is C17H24N2O3. The monoisotopic (exact) mass is 304 g/mol. The molecule has 1 heterocycles. The molecule has 0 spiro atoms. The normalized spacial score (nSPS) is 18.3. The number of likely N-dealkylation sites (tertiary alicyclic amines) is 1. The fourth-order valence-electron chi connectivity index (χ4n) is 2.55. The summed E-state index contributed by atoms with van der Waals surface area (Å²) < 4.78 is 0. The molecule has 5 nitrogen and oxygen atoms in total. The molecule has 120 valence electrons. The molecule has 2 rings (SSSR count). The van der Waals surface area contributed by atoms with Gasteiger partial charge in [-0.25, -0.2) is 5.48 Å². The van der Waals surface area contributed by atoms with Crippen LogP contribution in [0.4, 0.5) is 0 Å². The smallest absolute Gasteiger partial charge is 0.266 e. The second-order valence-electron chi connectivity index (χ2n) is 6.65. The van der Waals surface area contributed by atoms with Crippen molar-refractivity contribution in [2.45, 2.75) is 46.3 Å². The summed E-state index contributed by atoms with van der Waals surface area (Å²) in [4.78, 5) is 31.6. The second-order valence-corrected chi connectivity index (χ2v) is 6.65. The molecular weight excluding hydrogens is 280 g/mol. The molecule has 5 heteroatoms. The van der Waals surface area contributed by atoms with Crippen LogP contribution in [0.15, 0.2) is 30.3 Å². The van der Waals surface area contributed by atoms with Crippen LogP contribution in [0.5, 0.6) is 0 Å². The Kier molecular flexibility index (Phi) is 5.19. The molecule has 0 radical (unpaired) electrons. The van der Waals surface area contributed by atoms with Crippen LogP contribution >= 0.6 is 0 Å². The number of benzene rings is 1. The van der Waals surface area contributed by atoms with Gasteiger partial charge in [-0.1, -0.05) is 51.1 Å². The fourth-order valence-corrected chi connectivity index (χ4v) is 2.55. The van der Waals surface area contributed by atoms with Gasteiger partial charge in [-0.15, -0.1) is 0 Å². The highest BCUT2D eigenvalue weighted by atomic mass is 16.6. The van der Waals surface area contributed by atoms with E-state index in [1.54, 1.807) is 4.90 Å². The summed E-state index contributed by atoms with van der Waals surface area (Å²) in [5.74, 6) is -0.237. The van der Waals surface area contributed by atoms with Gasteiger partial charge in [0, 0.05) is 12.0 Å². The minimum absolute atomic E-state index is 0.00760. The first-order chi connectivity index (χ1) is 10.4. The van der Waals surface area contributed by atoms with E-state index < -0.39 is 11.5 Å². The van der Waals surface area contributed by atoms with Crippen LogP contribution in [0, 0.1) is 5.41 Å². The summed E-state index contributed by atoms with van der Waals surface area (Å²) in [6.07, 6.45) is 1.53. The lowest BCUT2D eigenvalue weighted by Crippen LogP contribution is -2.49. The van der Waals surface area contributed by atoms with Crippen molar-refractivity contribution in [3.8, 4) is 0 Å². The first kappa shape index (κ1) is 16.5. The lowest BCUT2D eigenvalue weighted by Gasteiger charge is -2.30. The molecule has 0 bridgehead atoms. The summed E-state index contributed by atoms with van der Waals surface area (Å²) in [6.45, 7) is 6.55. The molecule has 1 unspecified atom stereocenters. The highest BCUT2D eigenvalue weighted by Crippen LogP contribution is 2.25. The largest absolute Gasteiger partial charge is 0.330 e. The van der Waals surface area contributed by atoms with Crippen LogP contribution in [0.2, 0.25) is 0 Å². The van der Waals surface area contributed by atoms with Crippen molar-refractivity contribution < 1.29 is 14.4 Å². The zero-order chi connectivity index (χ0) is 16.2. The molecule has 1 N–H and O–H groups in total. The predicted octanol–water partition coefficient (Wildman–Crippen LogP) is 2.27. The quantitative estimate of drug-likeness (QED) is 0.868. The molecule has 0 aromatic heterocycles. The summed E-state index contributed by atoms with van der Waals surface area (Å²) >= 11 is 0. The number of carbonyl (C=O) groups is 2. The molecule has 1 saturated heterocycles. The number of nitrogens with zero attached hydrogens (tertiary/aromatic N) is 1. The van der Waals surface area contributed by atoms with Gasteiger partial charge in [0.05, 0.1) is 6.61 Å². The molecule has 1 atom stereocenters. The Labute approximate surface area is 131 Å². The highest BCUT2D eigenvalue weighted by Gasteiger charge is 2.38. The zero-order valence-electron chi connectivity index (χ0n) is 13.5. The lowest BCUT2D eigenvalue weighted by molar-refractivity contribution is -0.149. The number of hydrogen-bond acceptors (Lipinski definition) is 3. The van der Waals surface area contributed by atoms with E-state index in [4.69, 9.17) is 4.84 Å². The van der Waals surface area contributed by atoms with E-state index in [1.807, 2.05) is 51.1 Å². The van der Waals surface area contributed by atoms with E-state index >= 15 is 0 Å². The molecule has 2 amide bonds. The van der Waals surface area contributed by atoms with Gasteiger partial charge in [-0.3, -0.25) is 14.4 Å². The Morgan fingerprint density at radius 1 is 1.27 bits per heavy atom.